The Hall–Kier alpha value is -2.94. The Balaban J connectivity index is 1.28. The van der Waals surface area contributed by atoms with Crippen molar-refractivity contribution in [2.45, 2.75) is 24.9 Å². The van der Waals surface area contributed by atoms with Crippen LogP contribution in [0.1, 0.15) is 24.4 Å². The summed E-state index contributed by atoms with van der Waals surface area (Å²) in [5, 5.41) is 0.452. The Labute approximate surface area is 178 Å². The second kappa shape index (κ2) is 8.83. The van der Waals surface area contributed by atoms with Crippen LogP contribution in [0.2, 0.25) is 5.02 Å². The van der Waals surface area contributed by atoms with Gasteiger partial charge < -0.3 is 4.90 Å². The molecule has 0 aromatic heterocycles. The number of benzene rings is 2. The first-order valence-corrected chi connectivity index (χ1v) is 10.1. The highest BCUT2D eigenvalue weighted by Gasteiger charge is 2.36. The summed E-state index contributed by atoms with van der Waals surface area (Å²) < 4.78 is 0. The molecule has 2 aliphatic heterocycles. The quantitative estimate of drug-likeness (QED) is 0.553. The Morgan fingerprint density at radius 3 is 2.43 bits per heavy atom. The smallest absolute Gasteiger partial charge is 0.256 e. The standard InChI is InChI=1S/C21H22ClN5O3/c22-15-8-4-5-9-18(15)27-12-14(10-19(27)28)20(29)25-26-21(30)17-11-16(23-24-17)13-6-2-1-3-7-13/h1-9,14,16-17,23-24H,10-12H2,(H,25,29)(H,26,30). The van der Waals surface area contributed by atoms with E-state index in [0.29, 0.717) is 17.1 Å². The van der Waals surface area contributed by atoms with E-state index in [2.05, 4.69) is 21.7 Å². The number of hydrazine groups is 2. The second-order valence-electron chi connectivity index (χ2n) is 7.38. The maximum Gasteiger partial charge on any atom is 0.256 e. The molecule has 2 aromatic carbocycles. The highest BCUT2D eigenvalue weighted by atomic mass is 35.5. The average molecular weight is 428 g/mol. The Bertz CT molecular complexity index is 955. The first-order valence-electron chi connectivity index (χ1n) is 9.73. The molecule has 2 fully saturated rings. The van der Waals surface area contributed by atoms with Crippen molar-refractivity contribution in [2.24, 2.45) is 5.92 Å². The van der Waals surface area contributed by atoms with Gasteiger partial charge in [0.05, 0.1) is 16.6 Å². The van der Waals surface area contributed by atoms with Crippen LogP contribution < -0.4 is 26.6 Å². The minimum absolute atomic E-state index is 0.00860. The molecule has 4 rings (SSSR count). The van der Waals surface area contributed by atoms with Crippen LogP contribution >= 0.6 is 11.6 Å². The molecule has 2 heterocycles. The van der Waals surface area contributed by atoms with Crippen LogP contribution in [0.4, 0.5) is 5.69 Å². The van der Waals surface area contributed by atoms with E-state index in [-0.39, 0.29) is 30.8 Å². The predicted molar refractivity (Wildman–Crippen MR) is 112 cm³/mol. The van der Waals surface area contributed by atoms with Gasteiger partial charge in [0.1, 0.15) is 6.04 Å². The van der Waals surface area contributed by atoms with Crippen molar-refractivity contribution in [3.8, 4) is 0 Å². The predicted octanol–water partition coefficient (Wildman–Crippen LogP) is 1.45. The molecule has 2 aromatic rings. The average Bonchev–Trinajstić information content (AvgIpc) is 3.40. The third-order valence-corrected chi connectivity index (χ3v) is 5.69. The molecule has 0 aliphatic carbocycles. The van der Waals surface area contributed by atoms with Crippen molar-refractivity contribution in [1.29, 1.82) is 0 Å². The molecule has 8 nitrogen and oxygen atoms in total. The fourth-order valence-electron chi connectivity index (χ4n) is 3.73. The molecule has 2 aliphatic rings. The van der Waals surface area contributed by atoms with Gasteiger partial charge in [-0.2, -0.15) is 0 Å². The topological polar surface area (TPSA) is 103 Å². The Morgan fingerprint density at radius 2 is 1.67 bits per heavy atom. The fourth-order valence-corrected chi connectivity index (χ4v) is 3.97. The third-order valence-electron chi connectivity index (χ3n) is 5.37. The number of amides is 3. The number of rotatable bonds is 4. The number of nitrogens with zero attached hydrogens (tertiary/aromatic N) is 1. The SMILES string of the molecule is O=C(NNC(=O)C1CC(c2ccccc2)NN1)C1CC(=O)N(c2ccccc2Cl)C1. The van der Waals surface area contributed by atoms with E-state index >= 15 is 0 Å². The number of anilines is 1. The van der Waals surface area contributed by atoms with Gasteiger partial charge in [-0.25, -0.2) is 10.9 Å². The number of carbonyl (C=O) groups excluding carboxylic acids is 3. The lowest BCUT2D eigenvalue weighted by atomic mass is 10.0. The van der Waals surface area contributed by atoms with E-state index in [0.717, 1.165) is 5.56 Å². The van der Waals surface area contributed by atoms with E-state index in [1.54, 1.807) is 24.3 Å². The number of halogens is 1. The van der Waals surface area contributed by atoms with Gasteiger partial charge in [-0.05, 0) is 24.1 Å². The second-order valence-corrected chi connectivity index (χ2v) is 7.78. The van der Waals surface area contributed by atoms with Crippen LogP contribution in [0.15, 0.2) is 54.6 Å². The molecule has 0 saturated carbocycles. The van der Waals surface area contributed by atoms with Crippen molar-refractivity contribution in [3.05, 3.63) is 65.2 Å². The number of carbonyl (C=O) groups is 3. The lowest BCUT2D eigenvalue weighted by molar-refractivity contribution is -0.132. The Kier molecular flexibility index (Phi) is 5.98. The minimum atomic E-state index is -0.569. The van der Waals surface area contributed by atoms with Gasteiger partial charge in [0.2, 0.25) is 11.8 Å². The molecular weight excluding hydrogens is 406 g/mol. The first kappa shape index (κ1) is 20.3. The van der Waals surface area contributed by atoms with Crippen molar-refractivity contribution in [3.63, 3.8) is 0 Å². The van der Waals surface area contributed by atoms with Crippen molar-refractivity contribution >= 4 is 35.0 Å². The molecule has 4 N–H and O–H groups in total. The molecule has 3 unspecified atom stereocenters. The Morgan fingerprint density at radius 1 is 0.967 bits per heavy atom. The molecule has 0 spiro atoms. The summed E-state index contributed by atoms with van der Waals surface area (Å²) in [6.07, 6.45) is 0.611. The zero-order valence-corrected chi connectivity index (χ0v) is 16.9. The summed E-state index contributed by atoms with van der Waals surface area (Å²) in [5.41, 5.74) is 12.6. The summed E-state index contributed by atoms with van der Waals surface area (Å²) in [4.78, 5) is 38.7. The number of para-hydroxylation sites is 1. The zero-order valence-electron chi connectivity index (χ0n) is 16.1. The minimum Gasteiger partial charge on any atom is -0.310 e. The van der Waals surface area contributed by atoms with Crippen molar-refractivity contribution < 1.29 is 14.4 Å². The van der Waals surface area contributed by atoms with Crippen LogP contribution in [0.5, 0.6) is 0 Å². The van der Waals surface area contributed by atoms with Gasteiger partial charge in [-0.3, -0.25) is 25.2 Å². The van der Waals surface area contributed by atoms with Crippen LogP contribution in [0, 0.1) is 5.92 Å². The van der Waals surface area contributed by atoms with Gasteiger partial charge >= 0.3 is 0 Å². The lowest BCUT2D eigenvalue weighted by Gasteiger charge is -2.18. The molecule has 3 atom stereocenters. The van der Waals surface area contributed by atoms with Gasteiger partial charge in [-0.1, -0.05) is 54.1 Å². The first-order chi connectivity index (χ1) is 14.5. The third kappa shape index (κ3) is 4.30. The highest BCUT2D eigenvalue weighted by Crippen LogP contribution is 2.31. The van der Waals surface area contributed by atoms with Crippen molar-refractivity contribution in [1.82, 2.24) is 21.7 Å². The van der Waals surface area contributed by atoms with E-state index in [1.165, 1.54) is 4.90 Å². The summed E-state index contributed by atoms with van der Waals surface area (Å²) in [6, 6.07) is 16.3. The van der Waals surface area contributed by atoms with Crippen LogP contribution in [0.25, 0.3) is 0 Å². The highest BCUT2D eigenvalue weighted by molar-refractivity contribution is 6.33. The molecule has 0 bridgehead atoms. The molecule has 30 heavy (non-hydrogen) atoms. The molecule has 2 saturated heterocycles. The summed E-state index contributed by atoms with van der Waals surface area (Å²) in [7, 11) is 0. The molecular formula is C21H22ClN5O3. The van der Waals surface area contributed by atoms with E-state index in [1.807, 2.05) is 30.3 Å². The van der Waals surface area contributed by atoms with Gasteiger partial charge in [0.25, 0.3) is 5.91 Å². The zero-order chi connectivity index (χ0) is 21.1. The van der Waals surface area contributed by atoms with Gasteiger partial charge in [0, 0.05) is 19.0 Å². The van der Waals surface area contributed by atoms with Gasteiger partial charge in [-0.15, -0.1) is 0 Å². The van der Waals surface area contributed by atoms with Crippen LogP contribution in [-0.2, 0) is 14.4 Å². The lowest BCUT2D eigenvalue weighted by Crippen LogP contribution is -2.51. The van der Waals surface area contributed by atoms with Crippen LogP contribution in [-0.4, -0.2) is 30.3 Å². The van der Waals surface area contributed by atoms with E-state index in [4.69, 9.17) is 11.6 Å². The fraction of sp³-hybridized carbons (Fsp3) is 0.286. The maximum atomic E-state index is 12.5. The van der Waals surface area contributed by atoms with E-state index in [9.17, 15) is 14.4 Å². The summed E-state index contributed by atoms with van der Waals surface area (Å²) in [5.74, 6) is -1.50. The van der Waals surface area contributed by atoms with Crippen molar-refractivity contribution in [2.75, 3.05) is 11.4 Å². The summed E-state index contributed by atoms with van der Waals surface area (Å²) >= 11 is 6.16. The maximum absolute atomic E-state index is 12.5. The van der Waals surface area contributed by atoms with Crippen LogP contribution in [0.3, 0.4) is 0 Å². The molecule has 156 valence electrons. The monoisotopic (exact) mass is 427 g/mol. The number of hydrogen-bond donors (Lipinski definition) is 4. The molecule has 9 heteroatoms. The normalized spacial score (nSPS) is 23.4. The van der Waals surface area contributed by atoms with Gasteiger partial charge in [0.15, 0.2) is 0 Å². The number of hydrogen-bond acceptors (Lipinski definition) is 5. The number of nitrogens with one attached hydrogen (secondary N) is 4. The molecule has 0 radical (unpaired) electrons. The summed E-state index contributed by atoms with van der Waals surface area (Å²) in [6.45, 7) is 0.212. The molecule has 3 amide bonds. The van der Waals surface area contributed by atoms with E-state index < -0.39 is 17.9 Å². The largest absolute Gasteiger partial charge is 0.310 e.